The highest BCUT2D eigenvalue weighted by atomic mass is 35.5. The van der Waals surface area contributed by atoms with E-state index in [4.69, 9.17) is 11.6 Å². The van der Waals surface area contributed by atoms with Crippen LogP contribution in [-0.2, 0) is 0 Å². The molecule has 1 N–H and O–H groups in total. The highest BCUT2D eigenvalue weighted by molar-refractivity contribution is 6.32. The van der Waals surface area contributed by atoms with Gasteiger partial charge in [0.15, 0.2) is 0 Å². The summed E-state index contributed by atoms with van der Waals surface area (Å²) < 4.78 is 0. The van der Waals surface area contributed by atoms with Gasteiger partial charge in [-0.05, 0) is 36.9 Å². The monoisotopic (exact) mass is 277 g/mol. The molecule has 1 fully saturated rings. The van der Waals surface area contributed by atoms with Crippen molar-refractivity contribution in [3.05, 3.63) is 40.4 Å². The smallest absolute Gasteiger partial charge is 0.0478 e. The summed E-state index contributed by atoms with van der Waals surface area (Å²) in [6, 6.07) is 8.13. The van der Waals surface area contributed by atoms with Crippen LogP contribution >= 0.6 is 11.6 Å². The van der Waals surface area contributed by atoms with Gasteiger partial charge in [0.05, 0.1) is 0 Å². The Labute approximate surface area is 122 Å². The summed E-state index contributed by atoms with van der Waals surface area (Å²) in [5, 5.41) is 4.33. The first-order valence-corrected chi connectivity index (χ1v) is 7.84. The number of benzene rings is 1. The average Bonchev–Trinajstić information content (AvgIpc) is 2.46. The van der Waals surface area contributed by atoms with Gasteiger partial charge in [-0.15, -0.1) is 0 Å². The molecule has 104 valence electrons. The van der Waals surface area contributed by atoms with Crippen molar-refractivity contribution in [3.63, 3.8) is 0 Å². The minimum atomic E-state index is 0.740. The molecule has 0 atom stereocenters. The maximum atomic E-state index is 6.28. The zero-order valence-corrected chi connectivity index (χ0v) is 12.5. The van der Waals surface area contributed by atoms with Crippen LogP contribution in [0.25, 0.3) is 6.08 Å². The summed E-state index contributed by atoms with van der Waals surface area (Å²) in [5.74, 6) is 0.740. The van der Waals surface area contributed by atoms with E-state index in [2.05, 4.69) is 30.4 Å². The Hall–Kier alpha value is -0.790. The maximum Gasteiger partial charge on any atom is 0.0478 e. The van der Waals surface area contributed by atoms with Crippen LogP contribution in [-0.4, -0.2) is 13.1 Å². The Bertz CT molecular complexity index is 419. The summed E-state index contributed by atoms with van der Waals surface area (Å²) in [5.41, 5.74) is 2.68. The van der Waals surface area contributed by atoms with E-state index in [1.165, 1.54) is 37.7 Å². The summed E-state index contributed by atoms with van der Waals surface area (Å²) >= 11 is 6.28. The molecule has 1 saturated carbocycles. The van der Waals surface area contributed by atoms with Crippen LogP contribution in [0.4, 0.5) is 0 Å². The zero-order chi connectivity index (χ0) is 13.5. The Balaban J connectivity index is 2.18. The van der Waals surface area contributed by atoms with Crippen LogP contribution < -0.4 is 5.32 Å². The standard InChI is InChI=1S/C17H24ClN/c1-2-19-13-16(14-8-4-3-5-9-14)12-15-10-6-7-11-17(15)18/h6-7,10-12,14,19H,2-5,8-9,13H2,1H3. The van der Waals surface area contributed by atoms with Gasteiger partial charge >= 0.3 is 0 Å². The van der Waals surface area contributed by atoms with E-state index in [9.17, 15) is 0 Å². The van der Waals surface area contributed by atoms with Crippen molar-refractivity contribution >= 4 is 17.7 Å². The van der Waals surface area contributed by atoms with E-state index in [1.807, 2.05) is 12.1 Å². The molecule has 2 rings (SSSR count). The first kappa shape index (κ1) is 14.6. The highest BCUT2D eigenvalue weighted by Gasteiger charge is 2.17. The molecule has 1 aliphatic carbocycles. The van der Waals surface area contributed by atoms with Crippen LogP contribution in [0.2, 0.25) is 5.02 Å². The Morgan fingerprint density at radius 3 is 2.68 bits per heavy atom. The second kappa shape index (κ2) is 7.72. The van der Waals surface area contributed by atoms with E-state index < -0.39 is 0 Å². The molecule has 0 spiro atoms. The van der Waals surface area contributed by atoms with E-state index in [-0.39, 0.29) is 0 Å². The van der Waals surface area contributed by atoms with Crippen molar-refractivity contribution < 1.29 is 0 Å². The zero-order valence-electron chi connectivity index (χ0n) is 11.8. The number of rotatable bonds is 5. The largest absolute Gasteiger partial charge is 0.313 e. The number of hydrogen-bond acceptors (Lipinski definition) is 1. The van der Waals surface area contributed by atoms with Crippen molar-refractivity contribution in [1.29, 1.82) is 0 Å². The van der Waals surface area contributed by atoms with Crippen LogP contribution in [0, 0.1) is 5.92 Å². The SMILES string of the molecule is CCNCC(=Cc1ccccc1Cl)C1CCCCC1. The van der Waals surface area contributed by atoms with Crippen molar-refractivity contribution in [2.45, 2.75) is 39.0 Å². The van der Waals surface area contributed by atoms with Gasteiger partial charge in [0.25, 0.3) is 0 Å². The number of halogens is 1. The lowest BCUT2D eigenvalue weighted by Gasteiger charge is -2.25. The third kappa shape index (κ3) is 4.36. The number of hydrogen-bond donors (Lipinski definition) is 1. The summed E-state index contributed by atoms with van der Waals surface area (Å²) in [7, 11) is 0. The van der Waals surface area contributed by atoms with E-state index in [0.29, 0.717) is 0 Å². The molecule has 0 unspecified atom stereocenters. The van der Waals surface area contributed by atoms with E-state index in [1.54, 1.807) is 0 Å². The van der Waals surface area contributed by atoms with E-state index >= 15 is 0 Å². The minimum absolute atomic E-state index is 0.740. The predicted molar refractivity (Wildman–Crippen MR) is 84.5 cm³/mol. The molecule has 19 heavy (non-hydrogen) atoms. The molecule has 1 nitrogen and oxygen atoms in total. The molecular formula is C17H24ClN. The van der Waals surface area contributed by atoms with Crippen LogP contribution in [0.1, 0.15) is 44.6 Å². The maximum absolute atomic E-state index is 6.28. The fourth-order valence-corrected chi connectivity index (χ4v) is 3.04. The van der Waals surface area contributed by atoms with Crippen molar-refractivity contribution in [2.24, 2.45) is 5.92 Å². The van der Waals surface area contributed by atoms with Crippen LogP contribution in [0.5, 0.6) is 0 Å². The molecule has 0 aliphatic heterocycles. The van der Waals surface area contributed by atoms with Gasteiger partial charge < -0.3 is 5.32 Å². The number of likely N-dealkylation sites (N-methyl/N-ethyl adjacent to an activating group) is 1. The first-order chi connectivity index (χ1) is 9.31. The van der Waals surface area contributed by atoms with Gasteiger partial charge in [0.2, 0.25) is 0 Å². The fraction of sp³-hybridized carbons (Fsp3) is 0.529. The molecule has 0 saturated heterocycles. The van der Waals surface area contributed by atoms with Gasteiger partial charge in [0.1, 0.15) is 0 Å². The third-order valence-electron chi connectivity index (χ3n) is 3.95. The van der Waals surface area contributed by atoms with E-state index in [0.717, 1.165) is 29.6 Å². The Kier molecular flexibility index (Phi) is 5.93. The number of nitrogens with one attached hydrogen (secondary N) is 1. The third-order valence-corrected chi connectivity index (χ3v) is 4.30. The molecule has 1 aromatic carbocycles. The first-order valence-electron chi connectivity index (χ1n) is 7.47. The van der Waals surface area contributed by atoms with Gasteiger partial charge in [-0.3, -0.25) is 0 Å². The molecule has 0 heterocycles. The second-order valence-corrected chi connectivity index (χ2v) is 5.76. The van der Waals surface area contributed by atoms with Crippen LogP contribution in [0.3, 0.4) is 0 Å². The van der Waals surface area contributed by atoms with Gasteiger partial charge in [-0.25, -0.2) is 0 Å². The summed E-state index contributed by atoms with van der Waals surface area (Å²) in [4.78, 5) is 0. The quantitative estimate of drug-likeness (QED) is 0.806. The lowest BCUT2D eigenvalue weighted by Crippen LogP contribution is -2.22. The van der Waals surface area contributed by atoms with Crippen molar-refractivity contribution in [2.75, 3.05) is 13.1 Å². The lowest BCUT2D eigenvalue weighted by molar-refractivity contribution is 0.397. The second-order valence-electron chi connectivity index (χ2n) is 5.36. The average molecular weight is 278 g/mol. The molecule has 0 aromatic heterocycles. The fourth-order valence-electron chi connectivity index (χ4n) is 2.85. The van der Waals surface area contributed by atoms with Crippen LogP contribution in [0.15, 0.2) is 29.8 Å². The van der Waals surface area contributed by atoms with Gasteiger partial charge in [-0.2, -0.15) is 0 Å². The molecule has 0 bridgehead atoms. The predicted octanol–water partition coefficient (Wildman–Crippen LogP) is 4.91. The Morgan fingerprint density at radius 1 is 1.26 bits per heavy atom. The van der Waals surface area contributed by atoms with Gasteiger partial charge in [0, 0.05) is 11.6 Å². The lowest BCUT2D eigenvalue weighted by atomic mass is 9.83. The van der Waals surface area contributed by atoms with Gasteiger partial charge in [-0.1, -0.05) is 67.6 Å². The molecular weight excluding hydrogens is 254 g/mol. The normalized spacial score (nSPS) is 17.7. The summed E-state index contributed by atoms with van der Waals surface area (Å²) in [6.07, 6.45) is 9.12. The topological polar surface area (TPSA) is 12.0 Å². The molecule has 1 aromatic rings. The molecule has 1 aliphatic rings. The minimum Gasteiger partial charge on any atom is -0.313 e. The summed E-state index contributed by atoms with van der Waals surface area (Å²) in [6.45, 7) is 4.17. The molecule has 2 heteroatoms. The highest BCUT2D eigenvalue weighted by Crippen LogP contribution is 2.31. The van der Waals surface area contributed by atoms with Crippen molar-refractivity contribution in [1.82, 2.24) is 5.32 Å². The molecule has 0 radical (unpaired) electrons. The van der Waals surface area contributed by atoms with Crippen molar-refractivity contribution in [3.8, 4) is 0 Å². The molecule has 0 amide bonds. The Morgan fingerprint density at radius 2 is 2.00 bits per heavy atom.